The van der Waals surface area contributed by atoms with E-state index in [0.29, 0.717) is 18.9 Å². The van der Waals surface area contributed by atoms with Crippen LogP contribution in [0.1, 0.15) is 25.3 Å². The molecule has 2 aromatic rings. The van der Waals surface area contributed by atoms with Crippen LogP contribution in [0.2, 0.25) is 0 Å². The highest BCUT2D eigenvalue weighted by Crippen LogP contribution is 2.20. The second-order valence-corrected chi connectivity index (χ2v) is 6.70. The number of nitrogens with zero attached hydrogens (tertiary/aromatic N) is 1. The van der Waals surface area contributed by atoms with E-state index in [1.54, 1.807) is 0 Å². The molecule has 0 radical (unpaired) electrons. The largest absolute Gasteiger partial charge is 0.494 e. The number of rotatable bonds is 7. The van der Waals surface area contributed by atoms with Crippen LogP contribution >= 0.6 is 0 Å². The van der Waals surface area contributed by atoms with E-state index in [9.17, 15) is 4.79 Å². The number of hydrogen-bond donors (Lipinski definition) is 0. The summed E-state index contributed by atoms with van der Waals surface area (Å²) in [6.45, 7) is 4.98. The number of ether oxygens (including phenoxy) is 2. The molecule has 2 aromatic carbocycles. The van der Waals surface area contributed by atoms with Gasteiger partial charge in [-0.1, -0.05) is 30.3 Å². The lowest BCUT2D eigenvalue weighted by Crippen LogP contribution is -2.40. The number of likely N-dealkylation sites (tertiary alicyclic amines) is 1. The summed E-state index contributed by atoms with van der Waals surface area (Å²) in [4.78, 5) is 14.5. The van der Waals surface area contributed by atoms with E-state index in [0.717, 1.165) is 49.6 Å². The van der Waals surface area contributed by atoms with Crippen LogP contribution in [0.5, 0.6) is 11.5 Å². The Balaban J connectivity index is 1.41. The zero-order valence-electron chi connectivity index (χ0n) is 15.4. The lowest BCUT2D eigenvalue weighted by molar-refractivity contribution is -0.132. The first kappa shape index (κ1) is 18.3. The molecule has 1 aliphatic rings. The highest BCUT2D eigenvalue weighted by molar-refractivity contribution is 5.78. The van der Waals surface area contributed by atoms with Crippen LogP contribution in [0.15, 0.2) is 54.6 Å². The zero-order valence-corrected chi connectivity index (χ0v) is 15.4. The second kappa shape index (κ2) is 9.27. The molecule has 0 spiro atoms. The predicted octanol–water partition coefficient (Wildman–Crippen LogP) is 3.95. The number of para-hydroxylation sites is 1. The van der Waals surface area contributed by atoms with Crippen molar-refractivity contribution in [3.8, 4) is 11.5 Å². The van der Waals surface area contributed by atoms with Crippen LogP contribution < -0.4 is 9.47 Å². The zero-order chi connectivity index (χ0) is 18.2. The Morgan fingerprint density at radius 2 is 1.62 bits per heavy atom. The Bertz CT molecular complexity index is 676. The molecule has 0 saturated carbocycles. The van der Waals surface area contributed by atoms with Crippen LogP contribution in [-0.2, 0) is 11.2 Å². The summed E-state index contributed by atoms with van der Waals surface area (Å²) < 4.78 is 11.3. The van der Waals surface area contributed by atoms with E-state index in [2.05, 4.69) is 0 Å². The van der Waals surface area contributed by atoms with Gasteiger partial charge >= 0.3 is 0 Å². The molecule has 0 N–H and O–H groups in total. The molecule has 0 aliphatic carbocycles. The van der Waals surface area contributed by atoms with Crippen molar-refractivity contribution in [3.63, 3.8) is 0 Å². The Hall–Kier alpha value is -2.49. The van der Waals surface area contributed by atoms with Crippen molar-refractivity contribution < 1.29 is 14.3 Å². The molecule has 4 heteroatoms. The molecule has 26 heavy (non-hydrogen) atoms. The van der Waals surface area contributed by atoms with Crippen molar-refractivity contribution in [1.82, 2.24) is 4.90 Å². The Kier molecular flexibility index (Phi) is 6.53. The van der Waals surface area contributed by atoms with Gasteiger partial charge in [0, 0.05) is 13.1 Å². The fourth-order valence-corrected chi connectivity index (χ4v) is 3.24. The Labute approximate surface area is 155 Å². The van der Waals surface area contributed by atoms with Crippen LogP contribution in [0.4, 0.5) is 0 Å². The maximum atomic E-state index is 12.5. The van der Waals surface area contributed by atoms with Crippen molar-refractivity contribution >= 4 is 5.91 Å². The molecular formula is C22H27NO3. The third-order valence-electron chi connectivity index (χ3n) is 4.79. The molecule has 1 heterocycles. The van der Waals surface area contributed by atoms with E-state index in [1.165, 1.54) is 0 Å². The number of carbonyl (C=O) groups is 1. The SMILES string of the molecule is CCOc1ccc(CC(=O)N2CCC(COc3ccccc3)CC2)cc1. The maximum absolute atomic E-state index is 12.5. The molecule has 1 amide bonds. The lowest BCUT2D eigenvalue weighted by atomic mass is 9.97. The summed E-state index contributed by atoms with van der Waals surface area (Å²) in [5.41, 5.74) is 1.04. The van der Waals surface area contributed by atoms with E-state index >= 15 is 0 Å². The molecule has 1 saturated heterocycles. The van der Waals surface area contributed by atoms with Gasteiger partial charge in [0.25, 0.3) is 0 Å². The van der Waals surface area contributed by atoms with Gasteiger partial charge in [-0.05, 0) is 55.5 Å². The molecule has 0 unspecified atom stereocenters. The topological polar surface area (TPSA) is 38.8 Å². The second-order valence-electron chi connectivity index (χ2n) is 6.70. The predicted molar refractivity (Wildman–Crippen MR) is 103 cm³/mol. The van der Waals surface area contributed by atoms with E-state index < -0.39 is 0 Å². The normalized spacial score (nSPS) is 14.9. The molecule has 1 aliphatic heterocycles. The fraction of sp³-hybridized carbons (Fsp3) is 0.409. The van der Waals surface area contributed by atoms with Gasteiger partial charge in [0.2, 0.25) is 5.91 Å². The van der Waals surface area contributed by atoms with Gasteiger partial charge in [-0.3, -0.25) is 4.79 Å². The number of hydrogen-bond acceptors (Lipinski definition) is 3. The summed E-state index contributed by atoms with van der Waals surface area (Å²) in [5.74, 6) is 2.49. The Morgan fingerprint density at radius 3 is 2.27 bits per heavy atom. The average molecular weight is 353 g/mol. The summed E-state index contributed by atoms with van der Waals surface area (Å²) in [5, 5.41) is 0. The summed E-state index contributed by atoms with van der Waals surface area (Å²) in [6.07, 6.45) is 2.46. The number of piperidine rings is 1. The lowest BCUT2D eigenvalue weighted by Gasteiger charge is -2.32. The third-order valence-corrected chi connectivity index (χ3v) is 4.79. The smallest absolute Gasteiger partial charge is 0.226 e. The van der Waals surface area contributed by atoms with Gasteiger partial charge < -0.3 is 14.4 Å². The molecule has 0 atom stereocenters. The third kappa shape index (κ3) is 5.25. The standard InChI is InChI=1S/C22H27NO3/c1-2-25-21-10-8-18(9-11-21)16-22(24)23-14-12-19(13-15-23)17-26-20-6-4-3-5-7-20/h3-11,19H,2,12-17H2,1H3. The number of benzene rings is 2. The van der Waals surface area contributed by atoms with Gasteiger partial charge in [0.1, 0.15) is 11.5 Å². The first-order chi connectivity index (χ1) is 12.7. The fourth-order valence-electron chi connectivity index (χ4n) is 3.24. The van der Waals surface area contributed by atoms with Crippen molar-refractivity contribution in [1.29, 1.82) is 0 Å². The average Bonchev–Trinajstić information content (AvgIpc) is 2.69. The molecule has 4 nitrogen and oxygen atoms in total. The summed E-state index contributed by atoms with van der Waals surface area (Å²) in [7, 11) is 0. The quantitative estimate of drug-likeness (QED) is 0.757. The van der Waals surface area contributed by atoms with Crippen molar-refractivity contribution in [2.24, 2.45) is 5.92 Å². The molecular weight excluding hydrogens is 326 g/mol. The molecule has 138 valence electrons. The van der Waals surface area contributed by atoms with E-state index in [1.807, 2.05) is 66.4 Å². The van der Waals surface area contributed by atoms with Crippen LogP contribution in [0, 0.1) is 5.92 Å². The highest BCUT2D eigenvalue weighted by atomic mass is 16.5. The van der Waals surface area contributed by atoms with Crippen molar-refractivity contribution in [2.75, 3.05) is 26.3 Å². The molecule has 1 fully saturated rings. The van der Waals surface area contributed by atoms with Gasteiger partial charge in [-0.2, -0.15) is 0 Å². The van der Waals surface area contributed by atoms with Crippen molar-refractivity contribution in [2.45, 2.75) is 26.2 Å². The number of carbonyl (C=O) groups excluding carboxylic acids is 1. The number of amides is 1. The van der Waals surface area contributed by atoms with E-state index in [-0.39, 0.29) is 5.91 Å². The van der Waals surface area contributed by atoms with Gasteiger partial charge in [-0.25, -0.2) is 0 Å². The van der Waals surface area contributed by atoms with Crippen LogP contribution in [-0.4, -0.2) is 37.1 Å². The summed E-state index contributed by atoms with van der Waals surface area (Å²) >= 11 is 0. The van der Waals surface area contributed by atoms with Gasteiger partial charge in [0.15, 0.2) is 0 Å². The minimum absolute atomic E-state index is 0.205. The first-order valence-electron chi connectivity index (χ1n) is 9.42. The van der Waals surface area contributed by atoms with E-state index in [4.69, 9.17) is 9.47 Å². The minimum atomic E-state index is 0.205. The van der Waals surface area contributed by atoms with Crippen molar-refractivity contribution in [3.05, 3.63) is 60.2 Å². The van der Waals surface area contributed by atoms with Crippen LogP contribution in [0.3, 0.4) is 0 Å². The monoisotopic (exact) mass is 353 g/mol. The van der Waals surface area contributed by atoms with Gasteiger partial charge in [0.05, 0.1) is 19.6 Å². The summed E-state index contributed by atoms with van der Waals surface area (Å²) in [6, 6.07) is 17.7. The first-order valence-corrected chi connectivity index (χ1v) is 9.42. The maximum Gasteiger partial charge on any atom is 0.226 e. The van der Waals surface area contributed by atoms with Gasteiger partial charge in [-0.15, -0.1) is 0 Å². The molecule has 3 rings (SSSR count). The molecule has 0 aromatic heterocycles. The Morgan fingerprint density at radius 1 is 0.962 bits per heavy atom. The highest BCUT2D eigenvalue weighted by Gasteiger charge is 2.23. The molecule has 0 bridgehead atoms. The minimum Gasteiger partial charge on any atom is -0.494 e. The van der Waals surface area contributed by atoms with Crippen LogP contribution in [0.25, 0.3) is 0 Å².